The summed E-state index contributed by atoms with van der Waals surface area (Å²) in [4.78, 5) is 0. The van der Waals surface area contributed by atoms with Gasteiger partial charge in [0, 0.05) is 26.8 Å². The van der Waals surface area contributed by atoms with Crippen LogP contribution >= 0.6 is 0 Å². The zero-order chi connectivity index (χ0) is 24.9. The predicted octanol–water partition coefficient (Wildman–Crippen LogP) is 6.20. The van der Waals surface area contributed by atoms with Crippen LogP contribution in [0.4, 0.5) is 0 Å². The van der Waals surface area contributed by atoms with Gasteiger partial charge in [0.2, 0.25) is 5.69 Å². The number of aromatic nitrogens is 1. The van der Waals surface area contributed by atoms with Gasteiger partial charge in [0.05, 0.1) is 0 Å². The summed E-state index contributed by atoms with van der Waals surface area (Å²) in [6.45, 7) is 2.76. The highest BCUT2D eigenvalue weighted by Gasteiger charge is 2.17. The Hall–Kier alpha value is -2.41. The van der Waals surface area contributed by atoms with E-state index in [1.165, 1.54) is 0 Å². The maximum absolute atomic E-state index is 8.24. The summed E-state index contributed by atoms with van der Waals surface area (Å²) in [5.74, 6) is -0.750. The molecule has 0 saturated carbocycles. The first kappa shape index (κ1) is 11.3. The predicted molar refractivity (Wildman–Crippen MR) is 112 cm³/mol. The van der Waals surface area contributed by atoms with Gasteiger partial charge in [-0.2, -0.15) is 0 Å². The highest BCUT2D eigenvalue weighted by atomic mass is 14.9. The second-order valence-electron chi connectivity index (χ2n) is 7.16. The van der Waals surface area contributed by atoms with Crippen molar-refractivity contribution in [2.45, 2.75) is 47.3 Å². The first-order valence-electron chi connectivity index (χ1n) is 12.3. The van der Waals surface area contributed by atoms with Crippen molar-refractivity contribution in [2.24, 2.45) is 7.05 Å². The van der Waals surface area contributed by atoms with Gasteiger partial charge in [-0.15, -0.1) is 0 Å². The van der Waals surface area contributed by atoms with Crippen molar-refractivity contribution in [1.29, 1.82) is 0 Å². The van der Waals surface area contributed by atoms with E-state index in [0.717, 1.165) is 27.9 Å². The third kappa shape index (κ3) is 3.44. The molecule has 3 rings (SSSR count). The van der Waals surface area contributed by atoms with Crippen LogP contribution in [0, 0.1) is 27.6 Å². The van der Waals surface area contributed by atoms with Crippen LogP contribution in [0.5, 0.6) is 0 Å². The number of benzene rings is 2. The van der Waals surface area contributed by atoms with E-state index < -0.39 is 19.6 Å². The number of aryl methyl sites for hydroxylation is 5. The second-order valence-corrected chi connectivity index (χ2v) is 7.16. The molecular weight excluding hydrogens is 314 g/mol. The van der Waals surface area contributed by atoms with Crippen LogP contribution in [0.3, 0.4) is 0 Å². The van der Waals surface area contributed by atoms with E-state index in [4.69, 9.17) is 9.60 Å². The Morgan fingerprint density at radius 1 is 0.846 bits per heavy atom. The molecule has 0 aliphatic heterocycles. The van der Waals surface area contributed by atoms with Gasteiger partial charge in [0.15, 0.2) is 6.20 Å². The molecule has 0 aliphatic carbocycles. The molecule has 2 aromatic carbocycles. The minimum Gasteiger partial charge on any atom is -0.201 e. The van der Waals surface area contributed by atoms with Gasteiger partial charge in [0.1, 0.15) is 7.05 Å². The fourth-order valence-electron chi connectivity index (χ4n) is 3.22. The molecule has 0 amide bonds. The lowest BCUT2D eigenvalue weighted by atomic mass is 9.91. The average molecular weight is 352 g/mol. The van der Waals surface area contributed by atoms with E-state index in [0.29, 0.717) is 16.7 Å². The maximum Gasteiger partial charge on any atom is 0.212 e. The smallest absolute Gasteiger partial charge is 0.201 e. The van der Waals surface area contributed by atoms with E-state index in [1.54, 1.807) is 30.8 Å². The summed E-state index contributed by atoms with van der Waals surface area (Å²) >= 11 is 0. The Bertz CT molecular complexity index is 1180. The molecule has 134 valence electrons. The lowest BCUT2D eigenvalue weighted by Gasteiger charge is -2.13. The van der Waals surface area contributed by atoms with Crippen molar-refractivity contribution in [3.8, 4) is 22.4 Å². The molecule has 0 radical (unpaired) electrons. The molecule has 1 heteroatoms. The SMILES string of the molecule is [2H]C([2H])([2H])c1c[n+](C)c(-c2cc(-c3ccc(C([2H])(C)C)cc3)c(C([2H])([2H])[2H])cc2C)cc1C. The summed E-state index contributed by atoms with van der Waals surface area (Å²) < 4.78 is 57.6. The van der Waals surface area contributed by atoms with Crippen LogP contribution < -0.4 is 4.57 Å². The van der Waals surface area contributed by atoms with Crippen molar-refractivity contribution in [2.75, 3.05) is 0 Å². The Balaban J connectivity index is 2.26. The fourth-order valence-corrected chi connectivity index (χ4v) is 3.22. The molecule has 0 spiro atoms. The van der Waals surface area contributed by atoms with Crippen molar-refractivity contribution < 1.29 is 14.2 Å². The van der Waals surface area contributed by atoms with Gasteiger partial charge in [-0.1, -0.05) is 44.2 Å². The molecule has 0 atom stereocenters. The Kier molecular flexibility index (Phi) is 3.08. The van der Waals surface area contributed by atoms with E-state index >= 15 is 0 Å². The minimum atomic E-state index is -2.30. The molecule has 0 bridgehead atoms. The molecule has 0 fully saturated rings. The van der Waals surface area contributed by atoms with Gasteiger partial charge >= 0.3 is 0 Å². The first-order valence-corrected chi connectivity index (χ1v) is 8.77. The molecule has 1 nitrogen and oxygen atoms in total. The quantitative estimate of drug-likeness (QED) is 0.494. The van der Waals surface area contributed by atoms with E-state index in [2.05, 4.69) is 0 Å². The standard InChI is InChI=1S/C25H30N/c1-16(2)21-8-10-22(11-9-21)23-14-24(19(5)12-18(23)4)25-13-17(3)20(6)15-26(25)7/h8-16H,1-7H3/q+1/i4D3,6D3,16D. The minimum absolute atomic E-state index is 0.264. The van der Waals surface area contributed by atoms with Crippen LogP contribution in [0.25, 0.3) is 22.4 Å². The summed E-state index contributed by atoms with van der Waals surface area (Å²) in [6, 6.07) is 12.9. The Morgan fingerprint density at radius 3 is 2.15 bits per heavy atom. The summed E-state index contributed by atoms with van der Waals surface area (Å²) in [6.07, 6.45) is 1.62. The molecule has 3 aromatic rings. The van der Waals surface area contributed by atoms with Gasteiger partial charge < -0.3 is 0 Å². The number of hydrogen-bond acceptors (Lipinski definition) is 0. The topological polar surface area (TPSA) is 3.88 Å². The fraction of sp³-hybridized carbons (Fsp3) is 0.320. The largest absolute Gasteiger partial charge is 0.212 e. The van der Waals surface area contributed by atoms with Crippen molar-refractivity contribution >= 4 is 0 Å². The lowest BCUT2D eigenvalue weighted by molar-refractivity contribution is -0.660. The second kappa shape index (κ2) is 7.07. The normalized spacial score (nSPS) is 16.6. The van der Waals surface area contributed by atoms with Crippen LogP contribution in [0.15, 0.2) is 48.7 Å². The molecule has 1 heterocycles. The number of hydrogen-bond donors (Lipinski definition) is 0. The van der Waals surface area contributed by atoms with Crippen LogP contribution in [0.1, 0.15) is 57.2 Å². The zero-order valence-electron chi connectivity index (χ0n) is 23.1. The Morgan fingerprint density at radius 2 is 1.54 bits per heavy atom. The molecule has 0 aliphatic rings. The highest BCUT2D eigenvalue weighted by Crippen LogP contribution is 2.32. The van der Waals surface area contributed by atoms with Crippen LogP contribution in [-0.4, -0.2) is 0 Å². The van der Waals surface area contributed by atoms with Crippen LogP contribution in [-0.2, 0) is 7.05 Å². The Labute approximate surface area is 168 Å². The third-order valence-corrected chi connectivity index (χ3v) is 4.89. The summed E-state index contributed by atoms with van der Waals surface area (Å²) in [5, 5.41) is 0. The average Bonchev–Trinajstić information content (AvgIpc) is 2.67. The summed E-state index contributed by atoms with van der Waals surface area (Å²) in [5.41, 5.74) is 5.86. The van der Waals surface area contributed by atoms with Gasteiger partial charge in [-0.25, -0.2) is 4.57 Å². The lowest BCUT2D eigenvalue weighted by Crippen LogP contribution is -2.31. The van der Waals surface area contributed by atoms with Crippen molar-refractivity contribution in [3.63, 3.8) is 0 Å². The third-order valence-electron chi connectivity index (χ3n) is 4.89. The molecule has 0 saturated heterocycles. The van der Waals surface area contributed by atoms with Gasteiger partial charge in [-0.05, 0) is 72.9 Å². The molecular formula is C25H30N+. The van der Waals surface area contributed by atoms with Crippen LogP contribution in [0.2, 0.25) is 0 Å². The van der Waals surface area contributed by atoms with Gasteiger partial charge in [0.25, 0.3) is 0 Å². The molecule has 1 aromatic heterocycles. The van der Waals surface area contributed by atoms with Crippen molar-refractivity contribution in [1.82, 2.24) is 0 Å². The molecule has 0 unspecified atom stereocenters. The van der Waals surface area contributed by atoms with E-state index in [9.17, 15) is 0 Å². The van der Waals surface area contributed by atoms with Gasteiger partial charge in [-0.3, -0.25) is 0 Å². The molecule has 0 N–H and O–H groups in total. The van der Waals surface area contributed by atoms with E-state index in [1.807, 2.05) is 57.2 Å². The first-order chi connectivity index (χ1) is 15.0. The maximum atomic E-state index is 8.24. The summed E-state index contributed by atoms with van der Waals surface area (Å²) in [7, 11) is 1.80. The van der Waals surface area contributed by atoms with E-state index in [-0.39, 0.29) is 5.56 Å². The number of rotatable bonds is 3. The van der Waals surface area contributed by atoms with Crippen molar-refractivity contribution in [3.05, 3.63) is 76.5 Å². The zero-order valence-corrected chi connectivity index (χ0v) is 16.1. The number of pyridine rings is 1. The number of nitrogens with zero attached hydrogens (tertiary/aromatic N) is 1. The molecule has 26 heavy (non-hydrogen) atoms. The highest BCUT2D eigenvalue weighted by molar-refractivity contribution is 5.76. The monoisotopic (exact) mass is 351 g/mol.